The van der Waals surface area contributed by atoms with Crippen molar-refractivity contribution in [3.63, 3.8) is 0 Å². The van der Waals surface area contributed by atoms with Crippen LogP contribution in [0.2, 0.25) is 0 Å². The highest BCUT2D eigenvalue weighted by Crippen LogP contribution is 2.32. The van der Waals surface area contributed by atoms with Crippen molar-refractivity contribution in [1.82, 2.24) is 4.90 Å². The van der Waals surface area contributed by atoms with E-state index in [-0.39, 0.29) is 5.91 Å². The number of anilines is 1. The van der Waals surface area contributed by atoms with Crippen LogP contribution in [0.4, 0.5) is 5.00 Å². The first kappa shape index (κ1) is 16.6. The van der Waals surface area contributed by atoms with E-state index in [1.807, 2.05) is 43.3 Å². The first-order valence-corrected chi connectivity index (χ1v) is 8.96. The molecule has 1 aromatic carbocycles. The van der Waals surface area contributed by atoms with Gasteiger partial charge in [0.2, 0.25) is 0 Å². The zero-order valence-electron chi connectivity index (χ0n) is 14.0. The summed E-state index contributed by atoms with van der Waals surface area (Å²) >= 11 is 1.57. The zero-order chi connectivity index (χ0) is 16.9. The predicted octanol–water partition coefficient (Wildman–Crippen LogP) is 4.36. The van der Waals surface area contributed by atoms with Gasteiger partial charge in [-0.1, -0.05) is 0 Å². The Bertz CT molecular complexity index is 728. The lowest BCUT2D eigenvalue weighted by molar-refractivity contribution is -0.112. The lowest BCUT2D eigenvalue weighted by atomic mass is 10.2. The molecule has 2 aromatic rings. The van der Waals surface area contributed by atoms with Gasteiger partial charge in [-0.05, 0) is 61.7 Å². The summed E-state index contributed by atoms with van der Waals surface area (Å²) in [5.41, 5.74) is 2.15. The van der Waals surface area contributed by atoms with Crippen LogP contribution in [-0.2, 0) is 4.79 Å². The molecule has 0 bridgehead atoms. The summed E-state index contributed by atoms with van der Waals surface area (Å²) < 4.78 is 5.18. The molecule has 1 amide bonds. The fourth-order valence-corrected chi connectivity index (χ4v) is 3.74. The minimum Gasteiger partial charge on any atom is -0.497 e. The zero-order valence-corrected chi connectivity index (χ0v) is 14.9. The van der Waals surface area contributed by atoms with Crippen LogP contribution in [0.3, 0.4) is 0 Å². The Hall–Kier alpha value is -2.27. The minimum absolute atomic E-state index is 0.0671. The van der Waals surface area contributed by atoms with Gasteiger partial charge < -0.3 is 15.0 Å². The topological polar surface area (TPSA) is 41.6 Å². The van der Waals surface area contributed by atoms with Gasteiger partial charge in [0, 0.05) is 29.7 Å². The van der Waals surface area contributed by atoms with Crippen molar-refractivity contribution in [2.24, 2.45) is 0 Å². The molecule has 0 radical (unpaired) electrons. The van der Waals surface area contributed by atoms with E-state index in [4.69, 9.17) is 4.74 Å². The maximum absolute atomic E-state index is 12.2. The second kappa shape index (κ2) is 7.53. The van der Waals surface area contributed by atoms with Crippen molar-refractivity contribution in [3.8, 4) is 16.2 Å². The monoisotopic (exact) mass is 342 g/mol. The Balaban J connectivity index is 1.64. The van der Waals surface area contributed by atoms with Crippen molar-refractivity contribution < 1.29 is 9.53 Å². The third-order valence-corrected chi connectivity index (χ3v) is 5.22. The van der Waals surface area contributed by atoms with Crippen LogP contribution in [0.15, 0.2) is 48.2 Å². The summed E-state index contributed by atoms with van der Waals surface area (Å²) in [6.07, 6.45) is 4.12. The van der Waals surface area contributed by atoms with Crippen molar-refractivity contribution in [2.45, 2.75) is 19.8 Å². The molecule has 2 heterocycles. The Kier molecular flexibility index (Phi) is 5.20. The number of carbonyl (C=O) groups is 1. The number of methoxy groups -OCH3 is 1. The average molecular weight is 342 g/mol. The van der Waals surface area contributed by atoms with Crippen molar-refractivity contribution in [1.29, 1.82) is 0 Å². The summed E-state index contributed by atoms with van der Waals surface area (Å²) in [7, 11) is 1.66. The molecule has 1 aromatic heterocycles. The second-order valence-electron chi connectivity index (χ2n) is 5.86. The number of likely N-dealkylation sites (tertiary alicyclic amines) is 1. The molecular formula is C19H22N2O2S. The molecule has 5 heteroatoms. The Morgan fingerprint density at radius 1 is 1.17 bits per heavy atom. The summed E-state index contributed by atoms with van der Waals surface area (Å²) in [4.78, 5) is 15.6. The number of thiophene rings is 1. The molecule has 4 nitrogen and oxygen atoms in total. The Labute approximate surface area is 146 Å². The number of hydrogen-bond acceptors (Lipinski definition) is 4. The number of amides is 1. The van der Waals surface area contributed by atoms with Gasteiger partial charge in [0.05, 0.1) is 12.1 Å². The molecule has 0 atom stereocenters. The van der Waals surface area contributed by atoms with Gasteiger partial charge >= 0.3 is 0 Å². The molecular weight excluding hydrogens is 320 g/mol. The van der Waals surface area contributed by atoms with Gasteiger partial charge in [-0.2, -0.15) is 0 Å². The van der Waals surface area contributed by atoms with Gasteiger partial charge in [-0.25, -0.2) is 0 Å². The molecule has 0 aliphatic carbocycles. The number of benzene rings is 1. The van der Waals surface area contributed by atoms with Crippen LogP contribution in [0.25, 0.3) is 10.4 Å². The smallest absolute Gasteiger partial charge is 0.250 e. The van der Waals surface area contributed by atoms with Gasteiger partial charge in [0.1, 0.15) is 5.75 Å². The van der Waals surface area contributed by atoms with E-state index in [2.05, 4.69) is 10.2 Å². The lowest BCUT2D eigenvalue weighted by Crippen LogP contribution is -2.19. The van der Waals surface area contributed by atoms with Gasteiger partial charge in [-0.15, -0.1) is 11.3 Å². The highest BCUT2D eigenvalue weighted by Gasteiger charge is 2.13. The molecule has 3 rings (SSSR count). The molecule has 0 spiro atoms. The standard InChI is InChI=1S/C19H22N2O2S/c1-14(21-11-3-4-12-21)13-18(22)20-19-10-9-17(24-19)15-5-7-16(23-2)8-6-15/h5-10,13H,3-4,11-12H2,1-2H3,(H,20,22). The van der Waals surface area contributed by atoms with E-state index in [1.165, 1.54) is 12.8 Å². The van der Waals surface area contributed by atoms with Gasteiger partial charge in [0.15, 0.2) is 0 Å². The fourth-order valence-electron chi connectivity index (χ4n) is 2.82. The van der Waals surface area contributed by atoms with Crippen LogP contribution in [0.1, 0.15) is 19.8 Å². The molecule has 126 valence electrons. The number of carbonyl (C=O) groups excluding carboxylic acids is 1. The van der Waals surface area contributed by atoms with E-state index in [0.717, 1.165) is 40.0 Å². The maximum Gasteiger partial charge on any atom is 0.250 e. The number of rotatable bonds is 5. The molecule has 24 heavy (non-hydrogen) atoms. The number of hydrogen-bond donors (Lipinski definition) is 1. The number of nitrogens with one attached hydrogen (secondary N) is 1. The molecule has 1 aliphatic heterocycles. The van der Waals surface area contributed by atoms with E-state index in [0.29, 0.717) is 0 Å². The molecule has 1 N–H and O–H groups in total. The van der Waals surface area contributed by atoms with Crippen LogP contribution in [0, 0.1) is 0 Å². The van der Waals surface area contributed by atoms with Crippen LogP contribution in [0.5, 0.6) is 5.75 Å². The number of ether oxygens (including phenoxy) is 1. The largest absolute Gasteiger partial charge is 0.497 e. The Morgan fingerprint density at radius 2 is 1.88 bits per heavy atom. The van der Waals surface area contributed by atoms with Gasteiger partial charge in [0.25, 0.3) is 5.91 Å². The SMILES string of the molecule is COc1ccc(-c2ccc(NC(=O)C=C(C)N3CCCC3)s2)cc1. The van der Waals surface area contributed by atoms with Gasteiger partial charge in [-0.3, -0.25) is 4.79 Å². The van der Waals surface area contributed by atoms with Crippen molar-refractivity contribution in [3.05, 3.63) is 48.2 Å². The molecule has 1 aliphatic rings. The lowest BCUT2D eigenvalue weighted by Gasteiger charge is -2.17. The van der Waals surface area contributed by atoms with E-state index in [9.17, 15) is 4.79 Å². The Morgan fingerprint density at radius 3 is 2.54 bits per heavy atom. The molecule has 0 unspecified atom stereocenters. The third kappa shape index (κ3) is 3.97. The van der Waals surface area contributed by atoms with E-state index < -0.39 is 0 Å². The highest BCUT2D eigenvalue weighted by atomic mass is 32.1. The van der Waals surface area contributed by atoms with Crippen LogP contribution in [-0.4, -0.2) is 31.0 Å². The highest BCUT2D eigenvalue weighted by molar-refractivity contribution is 7.19. The maximum atomic E-state index is 12.2. The molecule has 0 saturated carbocycles. The summed E-state index contributed by atoms with van der Waals surface area (Å²) in [6, 6.07) is 11.9. The quantitative estimate of drug-likeness (QED) is 0.821. The van der Waals surface area contributed by atoms with Crippen molar-refractivity contribution in [2.75, 3.05) is 25.5 Å². The predicted molar refractivity (Wildman–Crippen MR) is 99.5 cm³/mol. The van der Waals surface area contributed by atoms with Crippen molar-refractivity contribution >= 4 is 22.2 Å². The van der Waals surface area contributed by atoms with Crippen LogP contribution < -0.4 is 10.1 Å². The second-order valence-corrected chi connectivity index (χ2v) is 6.95. The number of nitrogens with zero attached hydrogens (tertiary/aromatic N) is 1. The summed E-state index contributed by atoms with van der Waals surface area (Å²) in [5, 5.41) is 3.82. The normalized spacial score (nSPS) is 14.8. The molecule has 1 saturated heterocycles. The minimum atomic E-state index is -0.0671. The third-order valence-electron chi connectivity index (χ3n) is 4.17. The number of allylic oxidation sites excluding steroid dienone is 1. The fraction of sp³-hybridized carbons (Fsp3) is 0.316. The van der Waals surface area contributed by atoms with E-state index in [1.54, 1.807) is 24.5 Å². The van der Waals surface area contributed by atoms with E-state index >= 15 is 0 Å². The summed E-state index contributed by atoms with van der Waals surface area (Å²) in [6.45, 7) is 4.11. The van der Waals surface area contributed by atoms with Crippen LogP contribution >= 0.6 is 11.3 Å². The molecule has 1 fully saturated rings. The summed E-state index contributed by atoms with van der Waals surface area (Å²) in [5.74, 6) is 0.772. The first-order chi connectivity index (χ1) is 11.7. The average Bonchev–Trinajstić information content (AvgIpc) is 3.26. The first-order valence-electron chi connectivity index (χ1n) is 8.14.